The van der Waals surface area contributed by atoms with Crippen LogP contribution >= 0.6 is 0 Å². The quantitative estimate of drug-likeness (QED) is 0.588. The molecule has 0 N–H and O–H groups in total. The highest BCUT2D eigenvalue weighted by atomic mass is 16.5. The Morgan fingerprint density at radius 2 is 2.04 bits per heavy atom. The van der Waals surface area contributed by atoms with Crippen molar-refractivity contribution in [1.29, 1.82) is 0 Å². The van der Waals surface area contributed by atoms with E-state index in [0.29, 0.717) is 11.7 Å². The van der Waals surface area contributed by atoms with E-state index in [2.05, 4.69) is 26.0 Å². The third-order valence-corrected chi connectivity index (χ3v) is 7.84. The Morgan fingerprint density at radius 1 is 1.16 bits per heavy atom. The van der Waals surface area contributed by atoms with Crippen LogP contribution in [0.4, 0.5) is 0 Å². The summed E-state index contributed by atoms with van der Waals surface area (Å²) in [5.41, 5.74) is 1.55. The molecule has 0 amide bonds. The topological polar surface area (TPSA) is 26.3 Å². The number of hydrogen-bond acceptors (Lipinski definition) is 2. The van der Waals surface area contributed by atoms with Crippen molar-refractivity contribution >= 4 is 5.78 Å². The molecule has 0 aliphatic heterocycles. The maximum absolute atomic E-state index is 12.4. The first-order chi connectivity index (χ1) is 12.1. The van der Waals surface area contributed by atoms with Crippen LogP contribution in [0.5, 0.6) is 0 Å². The Balaban J connectivity index is 1.46. The maximum atomic E-state index is 12.4. The van der Waals surface area contributed by atoms with Gasteiger partial charge in [0.1, 0.15) is 5.78 Å². The molecule has 2 nitrogen and oxygen atoms in total. The van der Waals surface area contributed by atoms with Gasteiger partial charge in [0.2, 0.25) is 0 Å². The van der Waals surface area contributed by atoms with Gasteiger partial charge in [0.05, 0.1) is 12.4 Å². The van der Waals surface area contributed by atoms with E-state index in [1.807, 2.05) is 0 Å². The largest absolute Gasteiger partial charge is 0.498 e. The van der Waals surface area contributed by atoms with E-state index in [-0.39, 0.29) is 5.41 Å². The first-order valence-electron chi connectivity index (χ1n) is 10.7. The number of carbonyl (C=O) groups is 1. The fraction of sp³-hybridized carbons (Fsp3) is 0.783. The summed E-state index contributed by atoms with van der Waals surface area (Å²) in [5.74, 6) is 4.70. The summed E-state index contributed by atoms with van der Waals surface area (Å²) in [6, 6.07) is 0. The zero-order chi connectivity index (χ0) is 17.4. The lowest BCUT2D eigenvalue weighted by molar-refractivity contribution is -0.130. The zero-order valence-electron chi connectivity index (χ0n) is 16.1. The van der Waals surface area contributed by atoms with Gasteiger partial charge in [-0.05, 0) is 73.8 Å². The maximum Gasteiger partial charge on any atom is 0.139 e. The molecule has 4 aliphatic rings. The zero-order valence-corrected chi connectivity index (χ0v) is 16.1. The van der Waals surface area contributed by atoms with Crippen molar-refractivity contribution in [2.75, 3.05) is 6.61 Å². The molecule has 0 aromatic rings. The van der Waals surface area contributed by atoms with E-state index in [1.54, 1.807) is 5.57 Å². The number of unbranched alkanes of at least 4 members (excludes halogenated alkanes) is 2. The molecule has 25 heavy (non-hydrogen) atoms. The number of ketones is 1. The first kappa shape index (κ1) is 17.4. The van der Waals surface area contributed by atoms with Crippen molar-refractivity contribution in [1.82, 2.24) is 0 Å². The summed E-state index contributed by atoms with van der Waals surface area (Å²) >= 11 is 0. The van der Waals surface area contributed by atoms with Gasteiger partial charge in [-0.25, -0.2) is 0 Å². The second kappa shape index (κ2) is 6.93. The van der Waals surface area contributed by atoms with Crippen LogP contribution in [0, 0.1) is 29.1 Å². The number of carbonyl (C=O) groups excluding carboxylic acids is 1. The highest BCUT2D eigenvalue weighted by molar-refractivity contribution is 5.87. The number of fused-ring (bicyclic) bond motifs is 5. The Labute approximate surface area is 153 Å². The molecule has 0 radical (unpaired) electrons. The van der Waals surface area contributed by atoms with Crippen LogP contribution in [-0.4, -0.2) is 12.4 Å². The molecule has 2 fully saturated rings. The standard InChI is InChI=1S/C23H34O2/c1-3-4-5-14-25-17-7-9-18-16(15-17)6-8-20-19(18)12-13-23(2)21(20)10-11-22(23)24/h6,15,18-21H,3-5,7-14H2,1-2H3/t18-,19+,20+,21-,23-/m0/s1. The van der Waals surface area contributed by atoms with Crippen LogP contribution in [-0.2, 0) is 9.53 Å². The summed E-state index contributed by atoms with van der Waals surface area (Å²) in [5, 5.41) is 0. The monoisotopic (exact) mass is 342 g/mol. The molecule has 0 aromatic carbocycles. The molecular formula is C23H34O2. The molecule has 0 spiro atoms. The summed E-state index contributed by atoms with van der Waals surface area (Å²) in [4.78, 5) is 12.4. The Morgan fingerprint density at radius 3 is 2.88 bits per heavy atom. The van der Waals surface area contributed by atoms with Gasteiger partial charge in [0.25, 0.3) is 0 Å². The van der Waals surface area contributed by atoms with Crippen LogP contribution in [0.1, 0.15) is 78.1 Å². The molecule has 2 saturated carbocycles. The average molecular weight is 343 g/mol. The summed E-state index contributed by atoms with van der Waals surface area (Å²) < 4.78 is 6.05. The molecule has 2 heteroatoms. The van der Waals surface area contributed by atoms with E-state index in [4.69, 9.17) is 4.74 Å². The van der Waals surface area contributed by atoms with Crippen molar-refractivity contribution < 1.29 is 9.53 Å². The molecule has 5 atom stereocenters. The minimum atomic E-state index is 0.00453. The molecule has 0 unspecified atom stereocenters. The molecule has 0 aromatic heterocycles. The number of Topliss-reactive ketones (excluding diaryl/α,β-unsaturated/α-hetero) is 1. The number of ether oxygens (including phenoxy) is 1. The minimum absolute atomic E-state index is 0.00453. The van der Waals surface area contributed by atoms with Crippen molar-refractivity contribution in [3.8, 4) is 0 Å². The third-order valence-electron chi connectivity index (χ3n) is 7.84. The lowest BCUT2D eigenvalue weighted by Crippen LogP contribution is -2.45. The normalized spacial score (nSPS) is 39.8. The van der Waals surface area contributed by atoms with Gasteiger partial charge < -0.3 is 4.74 Å². The average Bonchev–Trinajstić information content (AvgIpc) is 2.93. The summed E-state index contributed by atoms with van der Waals surface area (Å²) in [7, 11) is 0. The highest BCUT2D eigenvalue weighted by Crippen LogP contribution is 2.59. The second-order valence-corrected chi connectivity index (χ2v) is 9.10. The first-order valence-corrected chi connectivity index (χ1v) is 10.7. The second-order valence-electron chi connectivity index (χ2n) is 9.10. The minimum Gasteiger partial charge on any atom is -0.498 e. The van der Waals surface area contributed by atoms with Gasteiger partial charge >= 0.3 is 0 Å². The molecular weight excluding hydrogens is 308 g/mol. The fourth-order valence-electron chi connectivity index (χ4n) is 6.37. The predicted molar refractivity (Wildman–Crippen MR) is 101 cm³/mol. The van der Waals surface area contributed by atoms with Crippen molar-refractivity contribution in [3.05, 3.63) is 23.5 Å². The lowest BCUT2D eigenvalue weighted by atomic mass is 9.53. The third kappa shape index (κ3) is 3.00. The van der Waals surface area contributed by atoms with Crippen LogP contribution in [0.3, 0.4) is 0 Å². The van der Waals surface area contributed by atoms with Crippen LogP contribution in [0.2, 0.25) is 0 Å². The fourth-order valence-corrected chi connectivity index (χ4v) is 6.37. The summed E-state index contributed by atoms with van der Waals surface area (Å²) in [6.07, 6.45) is 16.5. The lowest BCUT2D eigenvalue weighted by Gasteiger charge is -2.50. The molecule has 0 saturated heterocycles. The molecule has 0 bridgehead atoms. The molecule has 4 aliphatic carbocycles. The van der Waals surface area contributed by atoms with Gasteiger partial charge in [-0.3, -0.25) is 4.79 Å². The highest BCUT2D eigenvalue weighted by Gasteiger charge is 2.55. The molecule has 138 valence electrons. The van der Waals surface area contributed by atoms with Gasteiger partial charge in [0.15, 0.2) is 0 Å². The van der Waals surface area contributed by atoms with Gasteiger partial charge in [-0.15, -0.1) is 0 Å². The van der Waals surface area contributed by atoms with Crippen molar-refractivity contribution in [3.63, 3.8) is 0 Å². The number of allylic oxidation sites excluding steroid dienone is 4. The van der Waals surface area contributed by atoms with Crippen molar-refractivity contribution in [2.24, 2.45) is 29.1 Å². The van der Waals surface area contributed by atoms with E-state index >= 15 is 0 Å². The smallest absolute Gasteiger partial charge is 0.139 e. The van der Waals surface area contributed by atoms with Crippen molar-refractivity contribution in [2.45, 2.75) is 78.1 Å². The van der Waals surface area contributed by atoms with Gasteiger partial charge in [-0.1, -0.05) is 32.8 Å². The Hall–Kier alpha value is -1.05. The SMILES string of the molecule is CCCCCOC1=CC2=CC[C@@H]3[C@H](CC[C@]4(C)C(=O)CC[C@@H]34)[C@H]2CC1. The van der Waals surface area contributed by atoms with E-state index in [0.717, 1.165) is 50.0 Å². The summed E-state index contributed by atoms with van der Waals surface area (Å²) in [6.45, 7) is 5.39. The Kier molecular flexibility index (Phi) is 4.81. The number of hydrogen-bond donors (Lipinski definition) is 0. The van der Waals surface area contributed by atoms with Gasteiger partial charge in [-0.2, -0.15) is 0 Å². The molecule has 4 rings (SSSR count). The van der Waals surface area contributed by atoms with Crippen LogP contribution in [0.25, 0.3) is 0 Å². The Bertz CT molecular complexity index is 587. The van der Waals surface area contributed by atoms with Crippen LogP contribution < -0.4 is 0 Å². The van der Waals surface area contributed by atoms with E-state index in [1.165, 1.54) is 44.3 Å². The van der Waals surface area contributed by atoms with E-state index in [9.17, 15) is 4.79 Å². The molecule has 0 heterocycles. The van der Waals surface area contributed by atoms with Crippen LogP contribution in [0.15, 0.2) is 23.5 Å². The predicted octanol–water partition coefficient (Wildman–Crippen LogP) is 5.83. The van der Waals surface area contributed by atoms with Gasteiger partial charge in [0, 0.05) is 18.3 Å². The number of rotatable bonds is 5. The van der Waals surface area contributed by atoms with E-state index < -0.39 is 0 Å².